The fourth-order valence-corrected chi connectivity index (χ4v) is 4.74. The van der Waals surface area contributed by atoms with Crippen molar-refractivity contribution in [2.75, 3.05) is 13.2 Å². The summed E-state index contributed by atoms with van der Waals surface area (Å²) in [6, 6.07) is 0. The van der Waals surface area contributed by atoms with Gasteiger partial charge in [0.25, 0.3) is 0 Å². The lowest BCUT2D eigenvalue weighted by atomic mass is 10.1. The highest BCUT2D eigenvalue weighted by Crippen LogP contribution is 2.29. The Balaban J connectivity index is 1.97. The molecule has 6 nitrogen and oxygen atoms in total. The predicted molar refractivity (Wildman–Crippen MR) is 181 cm³/mol. The van der Waals surface area contributed by atoms with E-state index in [1.54, 1.807) is 0 Å². The Morgan fingerprint density at radius 3 is 1.75 bits per heavy atom. The number of hydrogen-bond acceptors (Lipinski definition) is 6. The monoisotopic (exact) mass is 614 g/mol. The molecule has 1 N–H and O–H groups in total. The van der Waals surface area contributed by atoms with Crippen molar-refractivity contribution in [1.29, 1.82) is 0 Å². The number of hydrogen-bond donors (Lipinski definition) is 1. The molecule has 1 aliphatic heterocycles. The molecule has 0 amide bonds. The Kier molecular flexibility index (Phi) is 26.3. The van der Waals surface area contributed by atoms with Crippen molar-refractivity contribution in [2.24, 2.45) is 0 Å². The molecule has 0 radical (unpaired) electrons. The van der Waals surface area contributed by atoms with E-state index in [0.29, 0.717) is 25.0 Å². The van der Waals surface area contributed by atoms with Crippen LogP contribution in [-0.4, -0.2) is 48.6 Å². The molecule has 1 fully saturated rings. The fourth-order valence-electron chi connectivity index (χ4n) is 4.74. The second-order valence-electron chi connectivity index (χ2n) is 11.6. The fraction of sp³-hybridized carbons (Fsp3) is 0.684. The molecule has 44 heavy (non-hydrogen) atoms. The number of aliphatic hydroxyl groups is 1. The van der Waals surface area contributed by atoms with Gasteiger partial charge in [-0.1, -0.05) is 132 Å². The zero-order valence-corrected chi connectivity index (χ0v) is 27.8. The van der Waals surface area contributed by atoms with Crippen LogP contribution >= 0.6 is 0 Å². The van der Waals surface area contributed by atoms with Gasteiger partial charge in [-0.25, -0.2) is 0 Å². The lowest BCUT2D eigenvalue weighted by molar-refractivity contribution is -0.161. The summed E-state index contributed by atoms with van der Waals surface area (Å²) in [4.78, 5) is 24.1. The predicted octanol–water partition coefficient (Wildman–Crippen LogP) is 9.43. The molecule has 0 aromatic carbocycles. The number of unbranched alkanes of at least 4 members (excludes halogenated alkanes) is 9. The van der Waals surface area contributed by atoms with E-state index < -0.39 is 6.10 Å². The lowest BCUT2D eigenvalue weighted by Gasteiger charge is -2.15. The third kappa shape index (κ3) is 24.9. The summed E-state index contributed by atoms with van der Waals surface area (Å²) >= 11 is 0. The zero-order chi connectivity index (χ0) is 31.9. The van der Waals surface area contributed by atoms with Crippen LogP contribution < -0.4 is 0 Å². The summed E-state index contributed by atoms with van der Waals surface area (Å²) in [5.41, 5.74) is 0. The van der Waals surface area contributed by atoms with E-state index in [1.807, 2.05) is 12.2 Å². The lowest BCUT2D eigenvalue weighted by Crippen LogP contribution is -2.28. The number of ether oxygens (including phenoxy) is 3. The highest BCUT2D eigenvalue weighted by atomic mass is 16.6. The summed E-state index contributed by atoms with van der Waals surface area (Å²) in [5, 5.41) is 9.49. The Morgan fingerprint density at radius 2 is 1.18 bits per heavy atom. The normalized spacial score (nSPS) is 17.5. The molecule has 1 rings (SSSR count). The Hall–Kier alpha value is -2.44. The topological polar surface area (TPSA) is 85.4 Å². The molecule has 1 saturated heterocycles. The van der Waals surface area contributed by atoms with Gasteiger partial charge in [0.05, 0.1) is 18.8 Å². The number of allylic oxidation sites excluding steroid dienone is 8. The first kappa shape index (κ1) is 39.6. The average molecular weight is 615 g/mol. The van der Waals surface area contributed by atoms with Gasteiger partial charge >= 0.3 is 11.9 Å². The van der Waals surface area contributed by atoms with Gasteiger partial charge in [0, 0.05) is 12.8 Å². The first-order valence-corrected chi connectivity index (χ1v) is 17.5. The van der Waals surface area contributed by atoms with E-state index in [9.17, 15) is 14.7 Å². The minimum Gasteiger partial charge on any atom is -0.462 e. The molecule has 1 heterocycles. The van der Waals surface area contributed by atoms with Gasteiger partial charge in [-0.05, 0) is 51.4 Å². The van der Waals surface area contributed by atoms with Gasteiger partial charge in [0.15, 0.2) is 6.10 Å². The molecule has 1 aliphatic rings. The van der Waals surface area contributed by atoms with Gasteiger partial charge in [-0.2, -0.15) is 0 Å². The molecular formula is C38H62O6. The maximum atomic E-state index is 12.1. The largest absolute Gasteiger partial charge is 0.462 e. The van der Waals surface area contributed by atoms with Crippen LogP contribution in [0.5, 0.6) is 0 Å². The standard InChI is InChI=1S/C38H62O6/c1-3-5-7-8-9-10-16-20-23-27-31-38(41)43-34(32-39)33-42-37(40)30-26-22-19-17-14-12-11-13-15-18-21-25-29-36-35(44-36)28-24-6-4-2/h6,12-15,19,21-22,24-25,34-36,39H,3-5,7-11,16-18,20,23,26-33H2,1-2H3/b14-12-,15-13-,22-19-,24-6-,25-21-/t34-,35?,36?/m0/s1. The zero-order valence-electron chi connectivity index (χ0n) is 27.8. The highest BCUT2D eigenvalue weighted by molar-refractivity contribution is 5.70. The molecular weight excluding hydrogens is 552 g/mol. The van der Waals surface area contributed by atoms with Crippen LogP contribution in [0.3, 0.4) is 0 Å². The van der Waals surface area contributed by atoms with E-state index in [0.717, 1.165) is 57.8 Å². The summed E-state index contributed by atoms with van der Waals surface area (Å²) in [7, 11) is 0. The van der Waals surface area contributed by atoms with E-state index in [1.165, 1.54) is 44.9 Å². The van der Waals surface area contributed by atoms with E-state index in [-0.39, 0.29) is 31.6 Å². The average Bonchev–Trinajstić information content (AvgIpc) is 3.78. The van der Waals surface area contributed by atoms with Crippen molar-refractivity contribution in [3.63, 3.8) is 0 Å². The van der Waals surface area contributed by atoms with Gasteiger partial charge < -0.3 is 19.3 Å². The molecule has 250 valence electrons. The van der Waals surface area contributed by atoms with Crippen LogP contribution in [0.1, 0.15) is 136 Å². The van der Waals surface area contributed by atoms with Crippen LogP contribution in [0.2, 0.25) is 0 Å². The van der Waals surface area contributed by atoms with Crippen molar-refractivity contribution in [3.05, 3.63) is 60.8 Å². The molecule has 0 aromatic heterocycles. The number of esters is 2. The number of aliphatic hydroxyl groups excluding tert-OH is 1. The van der Waals surface area contributed by atoms with Crippen molar-refractivity contribution >= 4 is 11.9 Å². The molecule has 6 heteroatoms. The molecule has 0 aromatic rings. The molecule has 3 atom stereocenters. The number of rotatable bonds is 29. The van der Waals surface area contributed by atoms with Crippen molar-refractivity contribution in [1.82, 2.24) is 0 Å². The van der Waals surface area contributed by atoms with Crippen molar-refractivity contribution < 1.29 is 28.9 Å². The first-order valence-electron chi connectivity index (χ1n) is 17.5. The molecule has 0 bridgehead atoms. The summed E-state index contributed by atoms with van der Waals surface area (Å²) in [6.07, 6.45) is 40.4. The Bertz CT molecular complexity index is 855. The van der Waals surface area contributed by atoms with Gasteiger partial charge in [-0.15, -0.1) is 0 Å². The third-order valence-electron chi connectivity index (χ3n) is 7.49. The SMILES string of the molecule is CC/C=C\CC1OC1C/C=C\C/C=C\C/C=C\C/C=C\CCC(=O)OC[C@H](CO)OC(=O)CCCCCCCCCCCC. The smallest absolute Gasteiger partial charge is 0.306 e. The molecule has 0 saturated carbocycles. The first-order chi connectivity index (χ1) is 21.6. The number of epoxide rings is 1. The second kappa shape index (κ2) is 29.3. The van der Waals surface area contributed by atoms with Crippen molar-refractivity contribution in [2.45, 2.75) is 154 Å². The van der Waals surface area contributed by atoms with Gasteiger partial charge in [-0.3, -0.25) is 9.59 Å². The number of carbonyl (C=O) groups is 2. The third-order valence-corrected chi connectivity index (χ3v) is 7.49. The summed E-state index contributed by atoms with van der Waals surface area (Å²) in [6.45, 7) is 3.91. The molecule has 2 unspecified atom stereocenters. The minimum atomic E-state index is -0.802. The Labute approximate surface area is 268 Å². The van der Waals surface area contributed by atoms with Crippen LogP contribution in [-0.2, 0) is 23.8 Å². The van der Waals surface area contributed by atoms with Crippen molar-refractivity contribution in [3.8, 4) is 0 Å². The molecule has 0 aliphatic carbocycles. The summed E-state index contributed by atoms with van der Waals surface area (Å²) < 4.78 is 16.1. The van der Waals surface area contributed by atoms with E-state index in [2.05, 4.69) is 62.5 Å². The van der Waals surface area contributed by atoms with E-state index in [4.69, 9.17) is 14.2 Å². The Morgan fingerprint density at radius 1 is 0.659 bits per heavy atom. The van der Waals surface area contributed by atoms with Gasteiger partial charge in [0.2, 0.25) is 0 Å². The van der Waals surface area contributed by atoms with Crippen LogP contribution in [0, 0.1) is 0 Å². The highest BCUT2D eigenvalue weighted by Gasteiger charge is 2.35. The quantitative estimate of drug-likeness (QED) is 0.0391. The molecule has 0 spiro atoms. The maximum absolute atomic E-state index is 12.1. The number of carbonyl (C=O) groups excluding carboxylic acids is 2. The van der Waals surface area contributed by atoms with Crippen LogP contribution in [0.4, 0.5) is 0 Å². The van der Waals surface area contributed by atoms with Crippen LogP contribution in [0.15, 0.2) is 60.8 Å². The minimum absolute atomic E-state index is 0.110. The van der Waals surface area contributed by atoms with Gasteiger partial charge in [0.1, 0.15) is 6.61 Å². The maximum Gasteiger partial charge on any atom is 0.306 e. The summed E-state index contributed by atoms with van der Waals surface area (Å²) in [5.74, 6) is -0.700. The van der Waals surface area contributed by atoms with Crippen LogP contribution in [0.25, 0.3) is 0 Å². The second-order valence-corrected chi connectivity index (χ2v) is 11.6. The van der Waals surface area contributed by atoms with E-state index >= 15 is 0 Å².